The van der Waals surface area contributed by atoms with E-state index in [2.05, 4.69) is 19.2 Å². The average Bonchev–Trinajstić information content (AvgIpc) is 2.77. The fourth-order valence-corrected chi connectivity index (χ4v) is 4.75. The number of ketones is 1. The molecular formula is C28H31NO4. The van der Waals surface area contributed by atoms with E-state index in [-0.39, 0.29) is 23.8 Å². The Hall–Kier alpha value is -3.34. The van der Waals surface area contributed by atoms with Gasteiger partial charge in [-0.15, -0.1) is 0 Å². The fourth-order valence-electron chi connectivity index (χ4n) is 4.75. The molecule has 0 saturated carbocycles. The topological polar surface area (TPSA) is 64.6 Å². The van der Waals surface area contributed by atoms with Gasteiger partial charge >= 0.3 is 5.97 Å². The minimum absolute atomic E-state index is 0.0810. The first-order chi connectivity index (χ1) is 15.8. The summed E-state index contributed by atoms with van der Waals surface area (Å²) in [5.74, 6) is -0.0224. The summed E-state index contributed by atoms with van der Waals surface area (Å²) in [6.45, 7) is 8.63. The Bertz CT molecular complexity index is 1110. The van der Waals surface area contributed by atoms with Crippen molar-refractivity contribution in [3.05, 3.63) is 88.3 Å². The zero-order chi connectivity index (χ0) is 23.6. The lowest BCUT2D eigenvalue weighted by Gasteiger charge is -2.39. The summed E-state index contributed by atoms with van der Waals surface area (Å²) in [7, 11) is 0. The van der Waals surface area contributed by atoms with E-state index in [0.29, 0.717) is 24.2 Å². The van der Waals surface area contributed by atoms with E-state index >= 15 is 0 Å². The van der Waals surface area contributed by atoms with Crippen molar-refractivity contribution >= 4 is 11.8 Å². The maximum atomic E-state index is 13.3. The SMILES string of the molecule is CCOC(=O)C1=C(C)NC2=C(C(=O)CC(C)(C)C2)C1c1ccc(OCc2ccccc2)cc1. The third-order valence-corrected chi connectivity index (χ3v) is 6.20. The number of esters is 1. The summed E-state index contributed by atoms with van der Waals surface area (Å²) < 4.78 is 11.3. The molecule has 0 amide bonds. The Labute approximate surface area is 195 Å². The van der Waals surface area contributed by atoms with Crippen LogP contribution in [-0.2, 0) is 20.9 Å². The van der Waals surface area contributed by atoms with Crippen LogP contribution in [0, 0.1) is 5.41 Å². The molecule has 0 saturated heterocycles. The van der Waals surface area contributed by atoms with Crippen LogP contribution in [0.15, 0.2) is 77.1 Å². The first-order valence-corrected chi connectivity index (χ1v) is 11.5. The van der Waals surface area contributed by atoms with Crippen LogP contribution in [0.1, 0.15) is 57.6 Å². The Morgan fingerprint density at radius 1 is 1.06 bits per heavy atom. The number of rotatable bonds is 6. The van der Waals surface area contributed by atoms with Gasteiger partial charge in [0.25, 0.3) is 0 Å². The molecule has 0 radical (unpaired) electrons. The molecule has 1 unspecified atom stereocenters. The van der Waals surface area contributed by atoms with E-state index < -0.39 is 5.92 Å². The van der Waals surface area contributed by atoms with Crippen LogP contribution in [0.2, 0.25) is 0 Å². The normalized spacial score (nSPS) is 19.6. The number of dihydropyridines is 1. The third-order valence-electron chi connectivity index (χ3n) is 6.20. The van der Waals surface area contributed by atoms with Crippen molar-refractivity contribution in [3.8, 4) is 5.75 Å². The van der Waals surface area contributed by atoms with E-state index in [0.717, 1.165) is 34.7 Å². The molecule has 0 spiro atoms. The number of hydrogen-bond acceptors (Lipinski definition) is 5. The average molecular weight is 446 g/mol. The Morgan fingerprint density at radius 2 is 1.76 bits per heavy atom. The molecule has 5 heteroatoms. The molecule has 33 heavy (non-hydrogen) atoms. The summed E-state index contributed by atoms with van der Waals surface area (Å²) in [4.78, 5) is 26.2. The van der Waals surface area contributed by atoms with Gasteiger partial charge < -0.3 is 14.8 Å². The molecule has 0 bridgehead atoms. The number of carbonyl (C=O) groups is 2. The molecule has 2 aliphatic rings. The molecule has 1 heterocycles. The number of ether oxygens (including phenoxy) is 2. The lowest BCUT2D eigenvalue weighted by atomic mass is 9.68. The third kappa shape index (κ3) is 4.87. The molecule has 4 rings (SSSR count). The van der Waals surface area contributed by atoms with Crippen molar-refractivity contribution in [2.75, 3.05) is 6.61 Å². The second-order valence-corrected chi connectivity index (χ2v) is 9.49. The van der Waals surface area contributed by atoms with E-state index in [1.54, 1.807) is 6.92 Å². The molecule has 1 aliphatic heterocycles. The zero-order valence-corrected chi connectivity index (χ0v) is 19.7. The van der Waals surface area contributed by atoms with Gasteiger partial charge in [-0.3, -0.25) is 4.79 Å². The highest BCUT2D eigenvalue weighted by Gasteiger charge is 2.43. The fraction of sp³-hybridized carbons (Fsp3) is 0.357. The molecule has 1 atom stereocenters. The predicted molar refractivity (Wildman–Crippen MR) is 127 cm³/mol. The zero-order valence-electron chi connectivity index (χ0n) is 19.7. The van der Waals surface area contributed by atoms with Gasteiger partial charge in [0.1, 0.15) is 12.4 Å². The van der Waals surface area contributed by atoms with Crippen molar-refractivity contribution in [1.82, 2.24) is 5.32 Å². The van der Waals surface area contributed by atoms with E-state index in [1.807, 2.05) is 61.5 Å². The molecule has 5 nitrogen and oxygen atoms in total. The largest absolute Gasteiger partial charge is 0.489 e. The number of carbonyl (C=O) groups excluding carboxylic acids is 2. The van der Waals surface area contributed by atoms with Gasteiger partial charge in [-0.2, -0.15) is 0 Å². The summed E-state index contributed by atoms with van der Waals surface area (Å²) >= 11 is 0. The van der Waals surface area contributed by atoms with Gasteiger partial charge in [0.05, 0.1) is 12.2 Å². The van der Waals surface area contributed by atoms with Gasteiger partial charge in [0, 0.05) is 29.3 Å². The quantitative estimate of drug-likeness (QED) is 0.601. The number of hydrogen-bond donors (Lipinski definition) is 1. The minimum atomic E-state index is -0.452. The van der Waals surface area contributed by atoms with Crippen molar-refractivity contribution in [2.24, 2.45) is 5.41 Å². The highest BCUT2D eigenvalue weighted by molar-refractivity contribution is 6.04. The molecule has 0 fully saturated rings. The van der Waals surface area contributed by atoms with Crippen LogP contribution in [0.3, 0.4) is 0 Å². The van der Waals surface area contributed by atoms with Gasteiger partial charge in [-0.05, 0) is 48.9 Å². The molecule has 172 valence electrons. The van der Waals surface area contributed by atoms with E-state index in [1.165, 1.54) is 0 Å². The lowest BCUT2D eigenvalue weighted by Crippen LogP contribution is -2.38. The monoisotopic (exact) mass is 445 g/mol. The summed E-state index contributed by atoms with van der Waals surface area (Å²) in [6, 6.07) is 17.7. The van der Waals surface area contributed by atoms with Crippen LogP contribution >= 0.6 is 0 Å². The predicted octanol–water partition coefficient (Wildman–Crippen LogP) is 5.43. The smallest absolute Gasteiger partial charge is 0.336 e. The van der Waals surface area contributed by atoms with Crippen molar-refractivity contribution < 1.29 is 19.1 Å². The molecule has 2 aromatic rings. The maximum absolute atomic E-state index is 13.3. The van der Waals surface area contributed by atoms with Gasteiger partial charge in [0.15, 0.2) is 5.78 Å². The van der Waals surface area contributed by atoms with Crippen LogP contribution < -0.4 is 10.1 Å². The van der Waals surface area contributed by atoms with Crippen molar-refractivity contribution in [3.63, 3.8) is 0 Å². The number of allylic oxidation sites excluding steroid dienone is 3. The summed E-state index contributed by atoms with van der Waals surface area (Å²) in [5.41, 5.74) is 4.69. The second kappa shape index (κ2) is 9.26. The van der Waals surface area contributed by atoms with Crippen LogP contribution in [0.4, 0.5) is 0 Å². The lowest BCUT2D eigenvalue weighted by molar-refractivity contribution is -0.138. The standard InChI is InChI=1S/C28H31NO4/c1-5-32-27(31)24-18(2)29-22-15-28(3,4)16-23(30)26(22)25(24)20-11-13-21(14-12-20)33-17-19-9-7-6-8-10-19/h6-14,25,29H,5,15-17H2,1-4H3. The first-order valence-electron chi connectivity index (χ1n) is 11.5. The van der Waals surface area contributed by atoms with Gasteiger partial charge in [-0.25, -0.2) is 4.79 Å². The summed E-state index contributed by atoms with van der Waals surface area (Å²) in [5, 5.41) is 3.36. The van der Waals surface area contributed by atoms with Crippen LogP contribution in [0.25, 0.3) is 0 Å². The number of Topliss-reactive ketones (excluding diaryl/α,β-unsaturated/α-hetero) is 1. The van der Waals surface area contributed by atoms with Crippen LogP contribution in [0.5, 0.6) is 5.75 Å². The van der Waals surface area contributed by atoms with E-state index in [4.69, 9.17) is 9.47 Å². The minimum Gasteiger partial charge on any atom is -0.489 e. The number of benzene rings is 2. The second-order valence-electron chi connectivity index (χ2n) is 9.49. The van der Waals surface area contributed by atoms with Crippen molar-refractivity contribution in [1.29, 1.82) is 0 Å². The molecule has 0 aromatic heterocycles. The molecule has 1 N–H and O–H groups in total. The summed E-state index contributed by atoms with van der Waals surface area (Å²) in [6.07, 6.45) is 1.22. The van der Waals surface area contributed by atoms with E-state index in [9.17, 15) is 9.59 Å². The maximum Gasteiger partial charge on any atom is 0.336 e. The molecule has 2 aromatic carbocycles. The van der Waals surface area contributed by atoms with Gasteiger partial charge in [-0.1, -0.05) is 56.3 Å². The van der Waals surface area contributed by atoms with Crippen molar-refractivity contribution in [2.45, 2.75) is 53.1 Å². The van der Waals surface area contributed by atoms with Crippen LogP contribution in [-0.4, -0.2) is 18.4 Å². The first kappa shape index (κ1) is 22.8. The van der Waals surface area contributed by atoms with Gasteiger partial charge in [0.2, 0.25) is 0 Å². The highest BCUT2D eigenvalue weighted by Crippen LogP contribution is 2.46. The highest BCUT2D eigenvalue weighted by atomic mass is 16.5. The number of nitrogens with one attached hydrogen (secondary N) is 1. The Morgan fingerprint density at radius 3 is 2.42 bits per heavy atom. The molecular weight excluding hydrogens is 414 g/mol. The molecule has 1 aliphatic carbocycles. The Balaban J connectivity index is 1.67. The Kier molecular flexibility index (Phi) is 6.41.